The first-order valence-corrected chi connectivity index (χ1v) is 8.20. The SMILES string of the molecule is O=C(CC1CCCCC1)NC1CCCc2ccccc21. The van der Waals surface area contributed by atoms with Gasteiger partial charge in [0.2, 0.25) is 5.91 Å². The molecule has 0 heterocycles. The number of hydrogen-bond acceptors (Lipinski definition) is 1. The molecule has 0 aliphatic heterocycles. The van der Waals surface area contributed by atoms with Gasteiger partial charge < -0.3 is 5.32 Å². The number of rotatable bonds is 3. The van der Waals surface area contributed by atoms with E-state index in [-0.39, 0.29) is 11.9 Å². The number of carbonyl (C=O) groups excluding carboxylic acids is 1. The maximum absolute atomic E-state index is 12.3. The van der Waals surface area contributed by atoms with Gasteiger partial charge in [-0.1, -0.05) is 43.5 Å². The number of aryl methyl sites for hydroxylation is 1. The van der Waals surface area contributed by atoms with Crippen LogP contribution in [0.15, 0.2) is 24.3 Å². The Hall–Kier alpha value is -1.31. The maximum Gasteiger partial charge on any atom is 0.220 e. The molecular weight excluding hydrogens is 246 g/mol. The molecule has 0 bridgehead atoms. The van der Waals surface area contributed by atoms with Crippen LogP contribution in [0.1, 0.15) is 68.5 Å². The van der Waals surface area contributed by atoms with Gasteiger partial charge in [0.05, 0.1) is 6.04 Å². The van der Waals surface area contributed by atoms with E-state index in [1.165, 1.54) is 49.7 Å². The lowest BCUT2D eigenvalue weighted by Gasteiger charge is -2.27. The van der Waals surface area contributed by atoms with E-state index in [1.54, 1.807) is 0 Å². The molecule has 108 valence electrons. The molecule has 0 radical (unpaired) electrons. The fourth-order valence-electron chi connectivity index (χ4n) is 3.81. The topological polar surface area (TPSA) is 29.1 Å². The Kier molecular flexibility index (Phi) is 4.39. The van der Waals surface area contributed by atoms with Gasteiger partial charge in [-0.3, -0.25) is 4.79 Å². The molecule has 1 fully saturated rings. The molecule has 2 aliphatic rings. The van der Waals surface area contributed by atoms with Crippen LogP contribution >= 0.6 is 0 Å². The van der Waals surface area contributed by atoms with Crippen LogP contribution in [0.3, 0.4) is 0 Å². The molecular formula is C18H25NO. The average Bonchev–Trinajstić information content (AvgIpc) is 2.48. The minimum atomic E-state index is 0.246. The summed E-state index contributed by atoms with van der Waals surface area (Å²) in [5.41, 5.74) is 2.76. The maximum atomic E-state index is 12.3. The zero-order valence-electron chi connectivity index (χ0n) is 12.2. The van der Waals surface area contributed by atoms with Gasteiger partial charge in [-0.25, -0.2) is 0 Å². The fourth-order valence-corrected chi connectivity index (χ4v) is 3.81. The first kappa shape index (κ1) is 13.7. The highest BCUT2D eigenvalue weighted by molar-refractivity contribution is 5.76. The summed E-state index contributed by atoms with van der Waals surface area (Å²) in [6.45, 7) is 0. The molecule has 2 heteroatoms. The van der Waals surface area contributed by atoms with Crippen molar-refractivity contribution in [2.75, 3.05) is 0 Å². The molecule has 0 saturated heterocycles. The lowest BCUT2D eigenvalue weighted by atomic mass is 9.85. The van der Waals surface area contributed by atoms with Gasteiger partial charge in [0.15, 0.2) is 0 Å². The summed E-state index contributed by atoms with van der Waals surface area (Å²) >= 11 is 0. The van der Waals surface area contributed by atoms with Gasteiger partial charge in [0.25, 0.3) is 0 Å². The van der Waals surface area contributed by atoms with E-state index in [2.05, 4.69) is 29.6 Å². The minimum absolute atomic E-state index is 0.246. The van der Waals surface area contributed by atoms with Crippen molar-refractivity contribution in [2.24, 2.45) is 5.92 Å². The van der Waals surface area contributed by atoms with Crippen LogP contribution < -0.4 is 5.32 Å². The molecule has 1 saturated carbocycles. The normalized spacial score (nSPS) is 23.1. The predicted molar refractivity (Wildman–Crippen MR) is 81.5 cm³/mol. The number of amides is 1. The molecule has 1 amide bonds. The van der Waals surface area contributed by atoms with Crippen LogP contribution in [0.25, 0.3) is 0 Å². The number of benzene rings is 1. The second-order valence-corrected chi connectivity index (χ2v) is 6.42. The van der Waals surface area contributed by atoms with E-state index in [0.29, 0.717) is 5.92 Å². The number of nitrogens with one attached hydrogen (secondary N) is 1. The molecule has 20 heavy (non-hydrogen) atoms. The van der Waals surface area contributed by atoms with Crippen LogP contribution in [0.2, 0.25) is 0 Å². The minimum Gasteiger partial charge on any atom is -0.349 e. The molecule has 0 aromatic heterocycles. The third-order valence-electron chi connectivity index (χ3n) is 4.90. The largest absolute Gasteiger partial charge is 0.349 e. The molecule has 2 nitrogen and oxygen atoms in total. The molecule has 1 aromatic carbocycles. The van der Waals surface area contributed by atoms with Crippen molar-refractivity contribution in [3.63, 3.8) is 0 Å². The van der Waals surface area contributed by atoms with Crippen molar-refractivity contribution in [1.82, 2.24) is 5.32 Å². The summed E-state index contributed by atoms with van der Waals surface area (Å²) in [6, 6.07) is 8.82. The van der Waals surface area contributed by atoms with E-state index >= 15 is 0 Å². The number of hydrogen-bond donors (Lipinski definition) is 1. The average molecular weight is 271 g/mol. The highest BCUT2D eigenvalue weighted by Crippen LogP contribution is 2.30. The van der Waals surface area contributed by atoms with Crippen LogP contribution in [0.4, 0.5) is 0 Å². The monoisotopic (exact) mass is 271 g/mol. The Labute approximate surface area is 122 Å². The zero-order valence-corrected chi connectivity index (χ0v) is 12.2. The summed E-state index contributed by atoms with van der Waals surface area (Å²) in [4.78, 5) is 12.3. The lowest BCUT2D eigenvalue weighted by molar-refractivity contribution is -0.123. The summed E-state index contributed by atoms with van der Waals surface area (Å²) in [6.07, 6.45) is 10.6. The van der Waals surface area contributed by atoms with Crippen LogP contribution in [0, 0.1) is 5.92 Å². The third-order valence-corrected chi connectivity index (χ3v) is 4.90. The molecule has 0 spiro atoms. The number of carbonyl (C=O) groups is 1. The Morgan fingerprint density at radius 1 is 1.05 bits per heavy atom. The highest BCUT2D eigenvalue weighted by Gasteiger charge is 2.23. The zero-order chi connectivity index (χ0) is 13.8. The fraction of sp³-hybridized carbons (Fsp3) is 0.611. The first-order chi connectivity index (χ1) is 9.83. The van der Waals surface area contributed by atoms with Crippen LogP contribution in [-0.2, 0) is 11.2 Å². The lowest BCUT2D eigenvalue weighted by Crippen LogP contribution is -2.32. The van der Waals surface area contributed by atoms with Crippen molar-refractivity contribution in [1.29, 1.82) is 0 Å². The van der Waals surface area contributed by atoms with E-state index in [1.807, 2.05) is 0 Å². The van der Waals surface area contributed by atoms with Crippen molar-refractivity contribution >= 4 is 5.91 Å². The van der Waals surface area contributed by atoms with Crippen molar-refractivity contribution in [3.05, 3.63) is 35.4 Å². The van der Waals surface area contributed by atoms with E-state index < -0.39 is 0 Å². The van der Waals surface area contributed by atoms with Crippen LogP contribution in [0.5, 0.6) is 0 Å². The Bertz CT molecular complexity index is 462. The summed E-state index contributed by atoms with van der Waals surface area (Å²) in [5, 5.41) is 3.28. The quantitative estimate of drug-likeness (QED) is 0.879. The predicted octanol–water partition coefficient (Wildman–Crippen LogP) is 4.15. The Morgan fingerprint density at radius 3 is 2.70 bits per heavy atom. The van der Waals surface area contributed by atoms with E-state index in [4.69, 9.17) is 0 Å². The van der Waals surface area contributed by atoms with Crippen molar-refractivity contribution in [2.45, 2.75) is 63.8 Å². The van der Waals surface area contributed by atoms with Gasteiger partial charge in [0.1, 0.15) is 0 Å². The number of fused-ring (bicyclic) bond motifs is 1. The second-order valence-electron chi connectivity index (χ2n) is 6.42. The van der Waals surface area contributed by atoms with Crippen molar-refractivity contribution < 1.29 is 4.79 Å². The molecule has 1 atom stereocenters. The van der Waals surface area contributed by atoms with E-state index in [0.717, 1.165) is 19.3 Å². The summed E-state index contributed by atoms with van der Waals surface area (Å²) < 4.78 is 0. The molecule has 3 rings (SSSR count). The third kappa shape index (κ3) is 3.23. The Balaban J connectivity index is 1.59. The summed E-state index contributed by atoms with van der Waals surface area (Å²) in [7, 11) is 0. The summed E-state index contributed by atoms with van der Waals surface area (Å²) in [5.74, 6) is 0.890. The molecule has 1 N–H and O–H groups in total. The van der Waals surface area contributed by atoms with Gasteiger partial charge in [-0.15, -0.1) is 0 Å². The Morgan fingerprint density at radius 2 is 1.85 bits per heavy atom. The molecule has 2 aliphatic carbocycles. The smallest absolute Gasteiger partial charge is 0.220 e. The van der Waals surface area contributed by atoms with Crippen LogP contribution in [-0.4, -0.2) is 5.91 Å². The van der Waals surface area contributed by atoms with Gasteiger partial charge in [-0.05, 0) is 49.1 Å². The van der Waals surface area contributed by atoms with Crippen molar-refractivity contribution in [3.8, 4) is 0 Å². The van der Waals surface area contributed by atoms with Gasteiger partial charge in [0, 0.05) is 6.42 Å². The second kappa shape index (κ2) is 6.43. The highest BCUT2D eigenvalue weighted by atomic mass is 16.1. The molecule has 1 unspecified atom stereocenters. The van der Waals surface area contributed by atoms with E-state index in [9.17, 15) is 4.79 Å². The van der Waals surface area contributed by atoms with Gasteiger partial charge >= 0.3 is 0 Å². The molecule has 1 aromatic rings. The standard InChI is InChI=1S/C18H25NO/c20-18(13-14-7-2-1-3-8-14)19-17-12-6-10-15-9-4-5-11-16(15)17/h4-5,9,11,14,17H,1-3,6-8,10,12-13H2,(H,19,20). The van der Waals surface area contributed by atoms with Gasteiger partial charge in [-0.2, -0.15) is 0 Å². The first-order valence-electron chi connectivity index (χ1n) is 8.20.